The molecule has 1 aromatic rings. The molecule has 0 bridgehead atoms. The predicted octanol–water partition coefficient (Wildman–Crippen LogP) is 3.24. The van der Waals surface area contributed by atoms with Crippen molar-refractivity contribution < 1.29 is 8.78 Å². The van der Waals surface area contributed by atoms with Gasteiger partial charge in [-0.25, -0.2) is 8.78 Å². The van der Waals surface area contributed by atoms with Gasteiger partial charge in [-0.3, -0.25) is 0 Å². The molecule has 0 atom stereocenters. The molecular formula is C13H19F2NS. The second kappa shape index (κ2) is 8.48. The lowest BCUT2D eigenvalue weighted by atomic mass is 10.1. The average Bonchev–Trinajstić information content (AvgIpc) is 2.26. The van der Waals surface area contributed by atoms with E-state index in [-0.39, 0.29) is 0 Å². The summed E-state index contributed by atoms with van der Waals surface area (Å²) in [6.07, 6.45) is 5.13. The van der Waals surface area contributed by atoms with Gasteiger partial charge in [0, 0.05) is 6.07 Å². The molecule has 0 saturated heterocycles. The first-order valence-electron chi connectivity index (χ1n) is 5.87. The summed E-state index contributed by atoms with van der Waals surface area (Å²) in [5.41, 5.74) is 0.708. The lowest BCUT2D eigenvalue weighted by Crippen LogP contribution is -2.18. The van der Waals surface area contributed by atoms with E-state index in [0.29, 0.717) is 12.0 Å². The van der Waals surface area contributed by atoms with E-state index in [0.717, 1.165) is 25.6 Å². The smallest absolute Gasteiger partial charge is 0.126 e. The van der Waals surface area contributed by atoms with Gasteiger partial charge in [0.05, 0.1) is 0 Å². The van der Waals surface area contributed by atoms with Gasteiger partial charge in [0.15, 0.2) is 0 Å². The second-order valence-corrected chi connectivity index (χ2v) is 4.96. The highest BCUT2D eigenvalue weighted by Gasteiger charge is 2.00. The van der Waals surface area contributed by atoms with Crippen LogP contribution in [0.1, 0.15) is 18.4 Å². The van der Waals surface area contributed by atoms with Crippen LogP contribution in [-0.4, -0.2) is 25.1 Å². The van der Waals surface area contributed by atoms with Crippen molar-refractivity contribution in [3.63, 3.8) is 0 Å². The number of rotatable bonds is 8. The Labute approximate surface area is 106 Å². The van der Waals surface area contributed by atoms with Gasteiger partial charge < -0.3 is 5.32 Å². The van der Waals surface area contributed by atoms with Crippen molar-refractivity contribution in [2.75, 3.05) is 25.1 Å². The number of thioether (sulfide) groups is 1. The van der Waals surface area contributed by atoms with Gasteiger partial charge in [0.2, 0.25) is 0 Å². The molecule has 0 fully saturated rings. The van der Waals surface area contributed by atoms with Crippen molar-refractivity contribution in [2.24, 2.45) is 0 Å². The molecule has 0 saturated carbocycles. The number of unbranched alkanes of at least 4 members (excludes halogenated alkanes) is 1. The Morgan fingerprint density at radius 3 is 2.41 bits per heavy atom. The zero-order chi connectivity index (χ0) is 12.5. The Bertz CT molecular complexity index is 311. The quantitative estimate of drug-likeness (QED) is 0.719. The Kier molecular flexibility index (Phi) is 7.21. The van der Waals surface area contributed by atoms with Crippen LogP contribution in [0.5, 0.6) is 0 Å². The topological polar surface area (TPSA) is 12.0 Å². The van der Waals surface area contributed by atoms with E-state index >= 15 is 0 Å². The molecular weight excluding hydrogens is 240 g/mol. The maximum Gasteiger partial charge on any atom is 0.126 e. The summed E-state index contributed by atoms with van der Waals surface area (Å²) in [5.74, 6) is 0.191. The molecule has 1 N–H and O–H groups in total. The molecule has 1 rings (SSSR count). The summed E-state index contributed by atoms with van der Waals surface area (Å²) in [7, 11) is 0. The average molecular weight is 259 g/mol. The van der Waals surface area contributed by atoms with Crippen molar-refractivity contribution in [3.05, 3.63) is 35.4 Å². The lowest BCUT2D eigenvalue weighted by molar-refractivity contribution is 0.576. The largest absolute Gasteiger partial charge is 0.316 e. The number of hydrogen-bond donors (Lipinski definition) is 1. The zero-order valence-electron chi connectivity index (χ0n) is 10.1. The highest BCUT2D eigenvalue weighted by molar-refractivity contribution is 7.98. The minimum atomic E-state index is -0.500. The van der Waals surface area contributed by atoms with E-state index in [1.165, 1.54) is 24.3 Å². The molecule has 96 valence electrons. The minimum absolute atomic E-state index is 0.500. The van der Waals surface area contributed by atoms with Gasteiger partial charge in [-0.05, 0) is 62.1 Å². The van der Waals surface area contributed by atoms with Gasteiger partial charge in [-0.2, -0.15) is 11.8 Å². The first-order chi connectivity index (χ1) is 8.22. The van der Waals surface area contributed by atoms with Crippen molar-refractivity contribution in [1.29, 1.82) is 0 Å². The fraction of sp³-hybridized carbons (Fsp3) is 0.538. The molecule has 0 spiro atoms. The van der Waals surface area contributed by atoms with Crippen molar-refractivity contribution >= 4 is 11.8 Å². The fourth-order valence-corrected chi connectivity index (χ4v) is 2.10. The number of benzene rings is 1. The number of halogens is 2. The van der Waals surface area contributed by atoms with Gasteiger partial charge in [0.1, 0.15) is 11.6 Å². The molecule has 0 aromatic heterocycles. The monoisotopic (exact) mass is 259 g/mol. The summed E-state index contributed by atoms with van der Waals surface area (Å²) < 4.78 is 25.8. The van der Waals surface area contributed by atoms with E-state index in [1.54, 1.807) is 0 Å². The first kappa shape index (κ1) is 14.5. The summed E-state index contributed by atoms with van der Waals surface area (Å²) >= 11 is 1.85. The van der Waals surface area contributed by atoms with E-state index in [1.807, 2.05) is 11.8 Å². The lowest BCUT2D eigenvalue weighted by Gasteiger charge is -2.05. The van der Waals surface area contributed by atoms with Gasteiger partial charge in [0.25, 0.3) is 0 Å². The molecule has 4 heteroatoms. The van der Waals surface area contributed by atoms with Gasteiger partial charge >= 0.3 is 0 Å². The Balaban J connectivity index is 2.13. The van der Waals surface area contributed by atoms with Crippen molar-refractivity contribution in [2.45, 2.75) is 19.3 Å². The van der Waals surface area contributed by atoms with Crippen LogP contribution in [0.2, 0.25) is 0 Å². The molecule has 0 unspecified atom stereocenters. The standard InChI is InChI=1S/C13H19F2NS/c1-17-7-3-2-5-16-6-4-11-8-12(14)10-13(15)9-11/h8-10,16H,2-7H2,1H3. The summed E-state index contributed by atoms with van der Waals surface area (Å²) in [5, 5.41) is 3.28. The first-order valence-corrected chi connectivity index (χ1v) is 7.26. The molecule has 0 aliphatic rings. The Morgan fingerprint density at radius 2 is 1.76 bits per heavy atom. The molecule has 0 aliphatic heterocycles. The van der Waals surface area contributed by atoms with E-state index in [2.05, 4.69) is 11.6 Å². The number of nitrogens with one attached hydrogen (secondary N) is 1. The Morgan fingerprint density at radius 1 is 1.06 bits per heavy atom. The van der Waals surface area contributed by atoms with Crippen LogP contribution in [0.4, 0.5) is 8.78 Å². The maximum absolute atomic E-state index is 12.9. The normalized spacial score (nSPS) is 10.8. The van der Waals surface area contributed by atoms with Crippen LogP contribution in [0.15, 0.2) is 18.2 Å². The van der Waals surface area contributed by atoms with Crippen LogP contribution >= 0.6 is 11.8 Å². The second-order valence-electron chi connectivity index (χ2n) is 3.98. The molecule has 17 heavy (non-hydrogen) atoms. The molecule has 0 amide bonds. The third kappa shape index (κ3) is 6.64. The van der Waals surface area contributed by atoms with Crippen molar-refractivity contribution in [3.8, 4) is 0 Å². The molecule has 1 aromatic carbocycles. The molecule has 0 heterocycles. The predicted molar refractivity (Wildman–Crippen MR) is 70.5 cm³/mol. The molecule has 0 aliphatic carbocycles. The maximum atomic E-state index is 12.9. The summed E-state index contributed by atoms with van der Waals surface area (Å²) in [6, 6.07) is 3.68. The fourth-order valence-electron chi connectivity index (χ4n) is 1.61. The Hall–Kier alpha value is -0.610. The van der Waals surface area contributed by atoms with E-state index < -0.39 is 11.6 Å². The van der Waals surface area contributed by atoms with Crippen LogP contribution in [-0.2, 0) is 6.42 Å². The van der Waals surface area contributed by atoms with Crippen LogP contribution in [0.3, 0.4) is 0 Å². The zero-order valence-corrected chi connectivity index (χ0v) is 11.0. The third-order valence-corrected chi connectivity index (χ3v) is 3.16. The molecule has 0 radical (unpaired) electrons. The number of hydrogen-bond acceptors (Lipinski definition) is 2. The van der Waals surface area contributed by atoms with Crippen molar-refractivity contribution in [1.82, 2.24) is 5.32 Å². The van der Waals surface area contributed by atoms with Crippen LogP contribution in [0.25, 0.3) is 0 Å². The minimum Gasteiger partial charge on any atom is -0.316 e. The summed E-state index contributed by atoms with van der Waals surface area (Å²) in [6.45, 7) is 1.74. The van der Waals surface area contributed by atoms with Gasteiger partial charge in [-0.1, -0.05) is 0 Å². The SMILES string of the molecule is CSCCCCNCCc1cc(F)cc(F)c1. The van der Waals surface area contributed by atoms with E-state index in [4.69, 9.17) is 0 Å². The molecule has 1 nitrogen and oxygen atoms in total. The highest BCUT2D eigenvalue weighted by Crippen LogP contribution is 2.08. The van der Waals surface area contributed by atoms with E-state index in [9.17, 15) is 8.78 Å². The van der Waals surface area contributed by atoms with Gasteiger partial charge in [-0.15, -0.1) is 0 Å². The van der Waals surface area contributed by atoms with Crippen LogP contribution in [0, 0.1) is 11.6 Å². The highest BCUT2D eigenvalue weighted by atomic mass is 32.2. The summed E-state index contributed by atoms with van der Waals surface area (Å²) in [4.78, 5) is 0. The van der Waals surface area contributed by atoms with Crippen LogP contribution < -0.4 is 5.32 Å². The third-order valence-electron chi connectivity index (χ3n) is 2.46.